The summed E-state index contributed by atoms with van der Waals surface area (Å²) in [6.07, 6.45) is -1.17. The second-order valence-corrected chi connectivity index (χ2v) is 4.14. The Labute approximate surface area is 116 Å². The molecule has 0 aliphatic rings. The number of amides is 1. The van der Waals surface area contributed by atoms with Gasteiger partial charge in [-0.05, 0) is 18.2 Å². The standard InChI is InChI=1S/C13H18N2O5/c1-19-13(20-2)10(7-11(16)17)15-12(18)8-4-3-5-9(14)6-8/h3-6,10,13H,7,14H2,1-2H3,(H,15,18)(H,16,17). The van der Waals surface area contributed by atoms with Crippen molar-refractivity contribution >= 4 is 17.6 Å². The van der Waals surface area contributed by atoms with E-state index in [0.717, 1.165) is 0 Å². The van der Waals surface area contributed by atoms with Crippen LogP contribution in [0.4, 0.5) is 5.69 Å². The number of methoxy groups -OCH3 is 2. The van der Waals surface area contributed by atoms with Crippen LogP contribution in [0.3, 0.4) is 0 Å². The number of carboxylic acids is 1. The molecular weight excluding hydrogens is 264 g/mol. The summed E-state index contributed by atoms with van der Waals surface area (Å²) in [6, 6.07) is 5.57. The molecule has 0 fully saturated rings. The molecule has 1 rings (SSSR count). The number of anilines is 1. The molecule has 1 atom stereocenters. The number of ether oxygens (including phenoxy) is 2. The van der Waals surface area contributed by atoms with Gasteiger partial charge in [0, 0.05) is 25.5 Å². The van der Waals surface area contributed by atoms with Gasteiger partial charge in [-0.15, -0.1) is 0 Å². The number of hydrogen-bond acceptors (Lipinski definition) is 5. The maximum absolute atomic E-state index is 12.1. The van der Waals surface area contributed by atoms with Gasteiger partial charge in [-0.3, -0.25) is 9.59 Å². The smallest absolute Gasteiger partial charge is 0.305 e. The van der Waals surface area contributed by atoms with Crippen LogP contribution in [0, 0.1) is 0 Å². The number of carbonyl (C=O) groups excluding carboxylic acids is 1. The third kappa shape index (κ3) is 4.52. The lowest BCUT2D eigenvalue weighted by Gasteiger charge is -2.24. The summed E-state index contributed by atoms with van der Waals surface area (Å²) >= 11 is 0. The van der Waals surface area contributed by atoms with Crippen molar-refractivity contribution in [3.63, 3.8) is 0 Å². The van der Waals surface area contributed by atoms with E-state index in [0.29, 0.717) is 11.3 Å². The van der Waals surface area contributed by atoms with E-state index in [1.807, 2.05) is 0 Å². The average Bonchev–Trinajstić information content (AvgIpc) is 2.39. The van der Waals surface area contributed by atoms with Crippen molar-refractivity contribution in [3.8, 4) is 0 Å². The van der Waals surface area contributed by atoms with Gasteiger partial charge in [-0.1, -0.05) is 6.07 Å². The van der Waals surface area contributed by atoms with E-state index in [1.54, 1.807) is 18.2 Å². The van der Waals surface area contributed by atoms with Crippen molar-refractivity contribution in [1.29, 1.82) is 0 Å². The zero-order chi connectivity index (χ0) is 15.1. The summed E-state index contributed by atoms with van der Waals surface area (Å²) in [6.45, 7) is 0. The summed E-state index contributed by atoms with van der Waals surface area (Å²) < 4.78 is 10.00. The van der Waals surface area contributed by atoms with E-state index in [2.05, 4.69) is 5.32 Å². The largest absolute Gasteiger partial charge is 0.481 e. The molecule has 0 aliphatic carbocycles. The third-order valence-corrected chi connectivity index (χ3v) is 2.65. The molecule has 0 heterocycles. The predicted octanol–water partition coefficient (Wildman–Crippen LogP) is 0.461. The Balaban J connectivity index is 2.83. The summed E-state index contributed by atoms with van der Waals surface area (Å²) in [7, 11) is 2.74. The minimum absolute atomic E-state index is 0.319. The highest BCUT2D eigenvalue weighted by atomic mass is 16.7. The van der Waals surface area contributed by atoms with Gasteiger partial charge >= 0.3 is 5.97 Å². The molecule has 20 heavy (non-hydrogen) atoms. The quantitative estimate of drug-likeness (QED) is 0.495. The van der Waals surface area contributed by atoms with Crippen LogP contribution in [0.5, 0.6) is 0 Å². The molecule has 1 aromatic rings. The highest BCUT2D eigenvalue weighted by Gasteiger charge is 2.26. The van der Waals surface area contributed by atoms with E-state index in [9.17, 15) is 9.59 Å². The van der Waals surface area contributed by atoms with Gasteiger partial charge in [-0.25, -0.2) is 0 Å². The zero-order valence-electron chi connectivity index (χ0n) is 11.3. The number of aliphatic carboxylic acids is 1. The fourth-order valence-electron chi connectivity index (χ4n) is 1.76. The van der Waals surface area contributed by atoms with Gasteiger partial charge in [0.25, 0.3) is 5.91 Å². The summed E-state index contributed by atoms with van der Waals surface area (Å²) in [5.74, 6) is -1.51. The number of nitrogen functional groups attached to an aromatic ring is 1. The molecule has 0 radical (unpaired) electrons. The van der Waals surface area contributed by atoms with Crippen LogP contribution in [-0.2, 0) is 14.3 Å². The van der Waals surface area contributed by atoms with Gasteiger partial charge in [0.1, 0.15) is 0 Å². The van der Waals surface area contributed by atoms with Crippen LogP contribution in [0.2, 0.25) is 0 Å². The lowest BCUT2D eigenvalue weighted by molar-refractivity contribution is -0.147. The maximum atomic E-state index is 12.1. The lowest BCUT2D eigenvalue weighted by atomic mass is 10.1. The second kappa shape index (κ2) is 7.46. The summed E-state index contributed by atoms with van der Waals surface area (Å²) in [4.78, 5) is 22.9. The Morgan fingerprint density at radius 1 is 1.35 bits per heavy atom. The molecule has 1 aromatic carbocycles. The lowest BCUT2D eigenvalue weighted by Crippen LogP contribution is -2.46. The van der Waals surface area contributed by atoms with Gasteiger partial charge in [-0.2, -0.15) is 0 Å². The van der Waals surface area contributed by atoms with Crippen LogP contribution < -0.4 is 11.1 Å². The first-order valence-electron chi connectivity index (χ1n) is 5.91. The predicted molar refractivity (Wildman–Crippen MR) is 72.2 cm³/mol. The molecule has 0 spiro atoms. The molecule has 0 aromatic heterocycles. The van der Waals surface area contributed by atoms with Crippen LogP contribution in [0.15, 0.2) is 24.3 Å². The van der Waals surface area contributed by atoms with Crippen molar-refractivity contribution in [2.75, 3.05) is 20.0 Å². The summed E-state index contributed by atoms with van der Waals surface area (Å²) in [5.41, 5.74) is 6.38. The average molecular weight is 282 g/mol. The Morgan fingerprint density at radius 2 is 2.00 bits per heavy atom. The third-order valence-electron chi connectivity index (χ3n) is 2.65. The highest BCUT2D eigenvalue weighted by molar-refractivity contribution is 5.95. The monoisotopic (exact) mass is 282 g/mol. The Bertz CT molecular complexity index is 474. The number of hydrogen-bond donors (Lipinski definition) is 3. The number of nitrogens with one attached hydrogen (secondary N) is 1. The second-order valence-electron chi connectivity index (χ2n) is 4.14. The normalized spacial score (nSPS) is 12.2. The molecule has 4 N–H and O–H groups in total. The van der Waals surface area contributed by atoms with Crippen molar-refractivity contribution in [2.24, 2.45) is 0 Å². The Morgan fingerprint density at radius 3 is 2.50 bits per heavy atom. The first-order chi connectivity index (χ1) is 9.47. The molecule has 7 nitrogen and oxygen atoms in total. The van der Waals surface area contributed by atoms with Crippen molar-refractivity contribution < 1.29 is 24.2 Å². The molecule has 1 unspecified atom stereocenters. The topological polar surface area (TPSA) is 111 Å². The van der Waals surface area contributed by atoms with Gasteiger partial charge in [0.15, 0.2) is 6.29 Å². The van der Waals surface area contributed by atoms with E-state index in [-0.39, 0.29) is 6.42 Å². The molecule has 1 amide bonds. The first-order valence-corrected chi connectivity index (χ1v) is 5.91. The van der Waals surface area contributed by atoms with Crippen LogP contribution in [0.25, 0.3) is 0 Å². The van der Waals surface area contributed by atoms with Crippen molar-refractivity contribution in [3.05, 3.63) is 29.8 Å². The van der Waals surface area contributed by atoms with Gasteiger partial charge < -0.3 is 25.6 Å². The highest BCUT2D eigenvalue weighted by Crippen LogP contribution is 2.09. The number of nitrogens with two attached hydrogens (primary N) is 1. The number of rotatable bonds is 7. The molecular formula is C13H18N2O5. The van der Waals surface area contributed by atoms with E-state index in [4.69, 9.17) is 20.3 Å². The van der Waals surface area contributed by atoms with Crippen LogP contribution >= 0.6 is 0 Å². The van der Waals surface area contributed by atoms with E-state index < -0.39 is 24.2 Å². The van der Waals surface area contributed by atoms with Crippen molar-refractivity contribution in [1.82, 2.24) is 5.32 Å². The maximum Gasteiger partial charge on any atom is 0.305 e. The minimum Gasteiger partial charge on any atom is -0.481 e. The van der Waals surface area contributed by atoms with Gasteiger partial charge in [0.2, 0.25) is 0 Å². The van der Waals surface area contributed by atoms with E-state index >= 15 is 0 Å². The fraction of sp³-hybridized carbons (Fsp3) is 0.385. The Kier molecular flexibility index (Phi) is 5.95. The first kappa shape index (κ1) is 15.9. The number of carbonyl (C=O) groups is 2. The number of benzene rings is 1. The number of carboxylic acid groups (broad SMARTS) is 1. The SMILES string of the molecule is COC(OC)C(CC(=O)O)NC(=O)c1cccc(N)c1. The van der Waals surface area contributed by atoms with Crippen LogP contribution in [-0.4, -0.2) is 43.5 Å². The molecule has 0 bridgehead atoms. The van der Waals surface area contributed by atoms with Crippen LogP contribution in [0.1, 0.15) is 16.8 Å². The van der Waals surface area contributed by atoms with Crippen molar-refractivity contribution in [2.45, 2.75) is 18.8 Å². The molecule has 0 saturated heterocycles. The fourth-order valence-corrected chi connectivity index (χ4v) is 1.76. The minimum atomic E-state index is -1.07. The molecule has 110 valence electrons. The zero-order valence-corrected chi connectivity index (χ0v) is 11.3. The van der Waals surface area contributed by atoms with E-state index in [1.165, 1.54) is 20.3 Å². The van der Waals surface area contributed by atoms with Gasteiger partial charge in [0.05, 0.1) is 12.5 Å². The molecule has 0 aliphatic heterocycles. The summed E-state index contributed by atoms with van der Waals surface area (Å²) in [5, 5.41) is 11.4. The molecule has 7 heteroatoms. The molecule has 0 saturated carbocycles. The Hall–Kier alpha value is -2.12.